The van der Waals surface area contributed by atoms with Crippen LogP contribution in [-0.2, 0) is 4.79 Å². The molecule has 0 bridgehead atoms. The Labute approximate surface area is 194 Å². The Bertz CT molecular complexity index is 1480. The number of aromatic amines is 1. The minimum atomic E-state index is -0.711. The highest BCUT2D eigenvalue weighted by Gasteiger charge is 2.32. The Morgan fingerprint density at radius 2 is 1.73 bits per heavy atom. The van der Waals surface area contributed by atoms with Crippen molar-refractivity contribution in [2.75, 3.05) is 0 Å². The van der Waals surface area contributed by atoms with Crippen molar-refractivity contribution in [2.45, 2.75) is 13.0 Å². The number of hydrazine groups is 1. The molecule has 1 aromatic heterocycles. The Morgan fingerprint density at radius 1 is 1.00 bits per heavy atom. The van der Waals surface area contributed by atoms with E-state index in [0.717, 1.165) is 10.9 Å². The molecule has 2 N–H and O–H groups in total. The van der Waals surface area contributed by atoms with Crippen LogP contribution in [0.15, 0.2) is 83.7 Å². The van der Waals surface area contributed by atoms with Gasteiger partial charge in [0.2, 0.25) is 5.91 Å². The van der Waals surface area contributed by atoms with E-state index in [-0.39, 0.29) is 11.5 Å². The summed E-state index contributed by atoms with van der Waals surface area (Å²) in [5.74, 6) is -0.744. The fourth-order valence-electron chi connectivity index (χ4n) is 4.25. The maximum atomic E-state index is 14.6. The fraction of sp³-hybridized carbons (Fsp3) is 0.0769. The number of aromatic nitrogens is 1. The van der Waals surface area contributed by atoms with Crippen LogP contribution in [0, 0.1) is 5.82 Å². The van der Waals surface area contributed by atoms with Gasteiger partial charge in [0, 0.05) is 34.0 Å². The summed E-state index contributed by atoms with van der Waals surface area (Å²) in [6, 6.07) is 20.3. The molecule has 1 aliphatic rings. The second kappa shape index (κ2) is 8.22. The summed E-state index contributed by atoms with van der Waals surface area (Å²) in [5, 5.41) is 2.61. The molecule has 0 saturated carbocycles. The molecule has 0 spiro atoms. The monoisotopic (exact) mass is 459 g/mol. The van der Waals surface area contributed by atoms with Crippen LogP contribution in [0.4, 0.5) is 4.39 Å². The van der Waals surface area contributed by atoms with Gasteiger partial charge in [-0.05, 0) is 35.9 Å². The summed E-state index contributed by atoms with van der Waals surface area (Å²) < 4.78 is 14.6. The molecule has 0 fully saturated rings. The average molecular weight is 460 g/mol. The first-order valence-corrected chi connectivity index (χ1v) is 10.8. The van der Waals surface area contributed by atoms with Gasteiger partial charge in [0.25, 0.3) is 5.56 Å². The number of hydrogen-bond acceptors (Lipinski definition) is 3. The molecule has 1 atom stereocenters. The predicted octanol–water partition coefficient (Wildman–Crippen LogP) is 5.44. The lowest BCUT2D eigenvalue weighted by atomic mass is 9.94. The van der Waals surface area contributed by atoms with Crippen LogP contribution in [0.25, 0.3) is 27.7 Å². The molecule has 1 amide bonds. The topological polar surface area (TPSA) is 65.2 Å². The highest BCUT2D eigenvalue weighted by molar-refractivity contribution is 6.31. The van der Waals surface area contributed by atoms with E-state index in [9.17, 15) is 14.0 Å². The van der Waals surface area contributed by atoms with Crippen LogP contribution in [0.5, 0.6) is 0 Å². The van der Waals surface area contributed by atoms with E-state index < -0.39 is 11.9 Å². The minimum absolute atomic E-state index is 0.309. The summed E-state index contributed by atoms with van der Waals surface area (Å²) in [6.07, 6.45) is 1.70. The summed E-state index contributed by atoms with van der Waals surface area (Å²) >= 11 is 6.30. The van der Waals surface area contributed by atoms with Gasteiger partial charge in [0.15, 0.2) is 0 Å². The van der Waals surface area contributed by atoms with E-state index in [0.29, 0.717) is 32.9 Å². The molecule has 4 aromatic rings. The van der Waals surface area contributed by atoms with Gasteiger partial charge >= 0.3 is 0 Å². The molecule has 0 aliphatic carbocycles. The van der Waals surface area contributed by atoms with Crippen molar-refractivity contribution in [3.05, 3.63) is 111 Å². The third-order valence-corrected chi connectivity index (χ3v) is 5.95. The zero-order chi connectivity index (χ0) is 23.1. The van der Waals surface area contributed by atoms with Crippen LogP contribution in [0.1, 0.15) is 24.1 Å². The van der Waals surface area contributed by atoms with Gasteiger partial charge in [0.1, 0.15) is 11.9 Å². The van der Waals surface area contributed by atoms with Gasteiger partial charge in [-0.2, -0.15) is 0 Å². The number of rotatable bonds is 3. The lowest BCUT2D eigenvalue weighted by Crippen LogP contribution is -2.38. The first-order valence-electron chi connectivity index (χ1n) is 10.4. The number of benzene rings is 3. The average Bonchev–Trinajstić information content (AvgIpc) is 3.24. The zero-order valence-electron chi connectivity index (χ0n) is 17.6. The van der Waals surface area contributed by atoms with Crippen molar-refractivity contribution in [3.63, 3.8) is 0 Å². The van der Waals surface area contributed by atoms with Crippen LogP contribution in [0.3, 0.4) is 0 Å². The Kier molecular flexibility index (Phi) is 5.23. The molecule has 164 valence electrons. The van der Waals surface area contributed by atoms with E-state index >= 15 is 0 Å². The number of H-pyrrole nitrogens is 1. The van der Waals surface area contributed by atoms with Crippen LogP contribution >= 0.6 is 11.6 Å². The number of nitrogens with zero attached hydrogens (tertiary/aromatic N) is 1. The fourth-order valence-corrected chi connectivity index (χ4v) is 4.43. The normalized spacial score (nSPS) is 15.4. The molecule has 0 radical (unpaired) electrons. The second-order valence-corrected chi connectivity index (χ2v) is 8.24. The van der Waals surface area contributed by atoms with Gasteiger partial charge < -0.3 is 4.98 Å². The van der Waals surface area contributed by atoms with Crippen LogP contribution < -0.4 is 11.0 Å². The van der Waals surface area contributed by atoms with Crippen molar-refractivity contribution >= 4 is 34.1 Å². The Morgan fingerprint density at radius 3 is 2.45 bits per heavy atom. The molecule has 7 heteroatoms. The number of fused-ring (bicyclic) bond motifs is 1. The number of carbonyl (C=O) groups is 1. The van der Waals surface area contributed by atoms with Crippen molar-refractivity contribution in [1.29, 1.82) is 0 Å². The Balaban J connectivity index is 1.79. The number of pyridine rings is 1. The summed E-state index contributed by atoms with van der Waals surface area (Å²) in [7, 11) is 0. The molecule has 1 aliphatic heterocycles. The number of nitrogens with one attached hydrogen (secondary N) is 2. The van der Waals surface area contributed by atoms with Gasteiger partial charge in [-0.3, -0.25) is 15.0 Å². The molecule has 5 nitrogen and oxygen atoms in total. The lowest BCUT2D eigenvalue weighted by Gasteiger charge is -2.24. The molecule has 0 unspecified atom stereocenters. The zero-order valence-corrected chi connectivity index (χ0v) is 18.4. The van der Waals surface area contributed by atoms with Crippen LogP contribution in [0.2, 0.25) is 5.02 Å². The third kappa shape index (κ3) is 3.68. The van der Waals surface area contributed by atoms with Gasteiger partial charge in [0.05, 0.1) is 11.3 Å². The minimum Gasteiger partial charge on any atom is -0.321 e. The molecule has 2 heterocycles. The molecular weight excluding hydrogens is 441 g/mol. The largest absolute Gasteiger partial charge is 0.321 e. The van der Waals surface area contributed by atoms with E-state index in [1.165, 1.54) is 18.0 Å². The second-order valence-electron chi connectivity index (χ2n) is 7.81. The highest BCUT2D eigenvalue weighted by Crippen LogP contribution is 2.38. The molecule has 5 rings (SSSR count). The van der Waals surface area contributed by atoms with Crippen molar-refractivity contribution in [1.82, 2.24) is 15.4 Å². The van der Waals surface area contributed by atoms with E-state index in [1.54, 1.807) is 42.5 Å². The smallest absolute Gasteiger partial charge is 0.258 e. The summed E-state index contributed by atoms with van der Waals surface area (Å²) in [4.78, 5) is 28.7. The first-order chi connectivity index (χ1) is 15.9. The lowest BCUT2D eigenvalue weighted by molar-refractivity contribution is -0.132. The molecular formula is C26H19ClFN3O2. The number of halogens is 2. The number of amides is 1. The van der Waals surface area contributed by atoms with Crippen LogP contribution in [-0.4, -0.2) is 15.9 Å². The first kappa shape index (κ1) is 21.0. The summed E-state index contributed by atoms with van der Waals surface area (Å²) in [6.45, 7) is 1.39. The van der Waals surface area contributed by atoms with Gasteiger partial charge in [-0.1, -0.05) is 60.1 Å². The SMILES string of the molecule is CC(=O)N1NC(c2c(-c3ccccc3)c3cc(Cl)ccc3[nH]c2=O)=C[C@H]1c1ccccc1F. The van der Waals surface area contributed by atoms with Crippen molar-refractivity contribution < 1.29 is 9.18 Å². The molecule has 3 aromatic carbocycles. The number of hydrogen-bond donors (Lipinski definition) is 2. The van der Waals surface area contributed by atoms with Crippen molar-refractivity contribution in [3.8, 4) is 11.1 Å². The van der Waals surface area contributed by atoms with Crippen molar-refractivity contribution in [2.24, 2.45) is 0 Å². The quantitative estimate of drug-likeness (QED) is 0.429. The highest BCUT2D eigenvalue weighted by atomic mass is 35.5. The predicted molar refractivity (Wildman–Crippen MR) is 128 cm³/mol. The summed E-state index contributed by atoms with van der Waals surface area (Å²) in [5.41, 5.74) is 5.93. The van der Waals surface area contributed by atoms with E-state index in [1.807, 2.05) is 30.3 Å². The van der Waals surface area contributed by atoms with E-state index in [4.69, 9.17) is 11.6 Å². The molecule has 0 saturated heterocycles. The maximum Gasteiger partial charge on any atom is 0.258 e. The Hall–Kier alpha value is -3.90. The van der Waals surface area contributed by atoms with Gasteiger partial charge in [-0.25, -0.2) is 9.40 Å². The number of carbonyl (C=O) groups excluding carboxylic acids is 1. The van der Waals surface area contributed by atoms with E-state index in [2.05, 4.69) is 10.4 Å². The van der Waals surface area contributed by atoms with Gasteiger partial charge in [-0.15, -0.1) is 0 Å². The maximum absolute atomic E-state index is 14.6. The molecule has 33 heavy (non-hydrogen) atoms. The standard InChI is InChI=1S/C26H19ClFN3O2/c1-15(32)31-23(18-9-5-6-10-20(18)28)14-22(30-31)25-24(16-7-3-2-4-8-16)19-13-17(27)11-12-21(19)29-26(25)33/h2-14,23,30H,1H3,(H,29,33)/t23-/m0/s1. The third-order valence-electron chi connectivity index (χ3n) is 5.71.